The molecule has 5 rings (SSSR count). The van der Waals surface area contributed by atoms with Crippen LogP contribution in [0, 0.1) is 20.8 Å². The van der Waals surface area contributed by atoms with Gasteiger partial charge in [-0.05, 0) is 61.9 Å². The number of hydrogen-bond donors (Lipinski definition) is 2. The molecule has 190 valence electrons. The molecule has 0 bridgehead atoms. The molecule has 8 heteroatoms. The molecule has 0 unspecified atom stereocenters. The first-order valence-corrected chi connectivity index (χ1v) is 12.4. The fourth-order valence-corrected chi connectivity index (χ4v) is 4.57. The van der Waals surface area contributed by atoms with Crippen molar-refractivity contribution >= 4 is 40.0 Å². The van der Waals surface area contributed by atoms with E-state index in [0.29, 0.717) is 39.1 Å². The largest absolute Gasteiger partial charge is 0.449 e. The maximum Gasteiger partial charge on any atom is 0.256 e. The molecule has 2 heterocycles. The van der Waals surface area contributed by atoms with Gasteiger partial charge in [0.25, 0.3) is 11.8 Å². The van der Waals surface area contributed by atoms with Crippen molar-refractivity contribution in [3.8, 4) is 11.3 Å². The first-order chi connectivity index (χ1) is 18.3. The van der Waals surface area contributed by atoms with Gasteiger partial charge in [0.15, 0.2) is 5.89 Å². The first kappa shape index (κ1) is 25.2. The Kier molecular flexibility index (Phi) is 6.94. The van der Waals surface area contributed by atoms with Crippen LogP contribution in [0.4, 0.5) is 5.69 Å². The highest BCUT2D eigenvalue weighted by molar-refractivity contribution is 6.33. The third-order valence-corrected chi connectivity index (χ3v) is 6.47. The number of pyridine rings is 1. The molecule has 0 fully saturated rings. The van der Waals surface area contributed by atoms with Gasteiger partial charge in [-0.3, -0.25) is 9.59 Å². The summed E-state index contributed by atoms with van der Waals surface area (Å²) in [5.74, 6) is 0.00826. The van der Waals surface area contributed by atoms with E-state index in [-0.39, 0.29) is 18.4 Å². The van der Waals surface area contributed by atoms with Gasteiger partial charge in [-0.2, -0.15) is 0 Å². The predicted molar refractivity (Wildman–Crippen MR) is 148 cm³/mol. The Labute approximate surface area is 224 Å². The maximum absolute atomic E-state index is 13.5. The summed E-state index contributed by atoms with van der Waals surface area (Å²) < 4.78 is 5.16. The molecule has 0 aliphatic heterocycles. The van der Waals surface area contributed by atoms with E-state index in [2.05, 4.69) is 15.6 Å². The van der Waals surface area contributed by atoms with Gasteiger partial charge < -0.3 is 15.1 Å². The minimum absolute atomic E-state index is 0.251. The number of amides is 2. The van der Waals surface area contributed by atoms with Crippen LogP contribution in [0.3, 0.4) is 0 Å². The van der Waals surface area contributed by atoms with Crippen LogP contribution < -0.4 is 10.6 Å². The zero-order chi connectivity index (χ0) is 26.8. The van der Waals surface area contributed by atoms with E-state index >= 15 is 0 Å². The second-order valence-electron chi connectivity index (χ2n) is 9.08. The van der Waals surface area contributed by atoms with Gasteiger partial charge in [0, 0.05) is 34.1 Å². The second-order valence-corrected chi connectivity index (χ2v) is 9.49. The number of fused-ring (bicyclic) bond motifs is 1. The summed E-state index contributed by atoms with van der Waals surface area (Å²) in [6.07, 6.45) is 1.51. The van der Waals surface area contributed by atoms with Crippen molar-refractivity contribution < 1.29 is 14.0 Å². The molecule has 0 atom stereocenters. The number of carbonyl (C=O) groups is 2. The molecule has 2 N–H and O–H groups in total. The SMILES string of the molecule is Cc1cc(C)c2nc(-c3ccccc3Cl)cc(C(=O)Nc3ccc(C(=O)NCc4coc(C)n4)cc3)c2c1. The third kappa shape index (κ3) is 5.28. The van der Waals surface area contributed by atoms with Gasteiger partial charge in [0.05, 0.1) is 29.0 Å². The lowest BCUT2D eigenvalue weighted by molar-refractivity contribution is 0.0950. The monoisotopic (exact) mass is 524 g/mol. The van der Waals surface area contributed by atoms with Crippen LogP contribution in [0.2, 0.25) is 5.02 Å². The molecule has 38 heavy (non-hydrogen) atoms. The molecule has 3 aromatic carbocycles. The highest BCUT2D eigenvalue weighted by Crippen LogP contribution is 2.32. The lowest BCUT2D eigenvalue weighted by atomic mass is 9.99. The normalized spacial score (nSPS) is 10.9. The molecule has 0 saturated carbocycles. The number of oxazole rings is 1. The average molecular weight is 525 g/mol. The van der Waals surface area contributed by atoms with E-state index in [9.17, 15) is 9.59 Å². The molecule has 2 aromatic heterocycles. The van der Waals surface area contributed by atoms with Gasteiger partial charge in [0.1, 0.15) is 6.26 Å². The lowest BCUT2D eigenvalue weighted by Crippen LogP contribution is -2.23. The number of aryl methyl sites for hydroxylation is 3. The van der Waals surface area contributed by atoms with E-state index in [4.69, 9.17) is 21.0 Å². The average Bonchev–Trinajstić information content (AvgIpc) is 3.32. The molecular weight excluding hydrogens is 500 g/mol. The van der Waals surface area contributed by atoms with E-state index in [0.717, 1.165) is 27.6 Å². The van der Waals surface area contributed by atoms with Crippen molar-refractivity contribution in [1.29, 1.82) is 0 Å². The van der Waals surface area contributed by atoms with E-state index in [1.54, 1.807) is 43.3 Å². The number of halogens is 1. The summed E-state index contributed by atoms with van der Waals surface area (Å²) in [4.78, 5) is 35.1. The van der Waals surface area contributed by atoms with E-state index < -0.39 is 0 Å². The van der Waals surface area contributed by atoms with Crippen molar-refractivity contribution in [2.45, 2.75) is 27.3 Å². The van der Waals surface area contributed by atoms with Crippen molar-refractivity contribution in [3.63, 3.8) is 0 Å². The van der Waals surface area contributed by atoms with Crippen molar-refractivity contribution in [1.82, 2.24) is 15.3 Å². The topological polar surface area (TPSA) is 97.1 Å². The molecular formula is C30H25ClN4O3. The van der Waals surface area contributed by atoms with Crippen LogP contribution in [-0.4, -0.2) is 21.8 Å². The van der Waals surface area contributed by atoms with Crippen LogP contribution in [0.15, 0.2) is 77.4 Å². The first-order valence-electron chi connectivity index (χ1n) is 12.1. The van der Waals surface area contributed by atoms with Crippen LogP contribution >= 0.6 is 11.6 Å². The number of benzene rings is 3. The zero-order valence-corrected chi connectivity index (χ0v) is 21.9. The molecule has 0 saturated heterocycles. The van der Waals surface area contributed by atoms with Gasteiger partial charge in [-0.25, -0.2) is 9.97 Å². The summed E-state index contributed by atoms with van der Waals surface area (Å²) in [5.41, 5.74) is 6.28. The molecule has 5 aromatic rings. The van der Waals surface area contributed by atoms with Crippen molar-refractivity contribution in [3.05, 3.63) is 112 Å². The highest BCUT2D eigenvalue weighted by Gasteiger charge is 2.17. The summed E-state index contributed by atoms with van der Waals surface area (Å²) in [5, 5.41) is 7.08. The molecule has 7 nitrogen and oxygen atoms in total. The van der Waals surface area contributed by atoms with Crippen LogP contribution in [0.5, 0.6) is 0 Å². The van der Waals surface area contributed by atoms with Crippen LogP contribution in [0.1, 0.15) is 43.4 Å². The van der Waals surface area contributed by atoms with Gasteiger partial charge in [0.2, 0.25) is 0 Å². The fraction of sp³-hybridized carbons (Fsp3) is 0.133. The third-order valence-electron chi connectivity index (χ3n) is 6.14. The van der Waals surface area contributed by atoms with E-state index in [1.165, 1.54) is 6.26 Å². The summed E-state index contributed by atoms with van der Waals surface area (Å²) >= 11 is 6.45. The number of nitrogens with zero attached hydrogens (tertiary/aromatic N) is 2. The Morgan fingerprint density at radius 3 is 2.39 bits per heavy atom. The molecule has 0 aliphatic carbocycles. The Hall–Kier alpha value is -4.49. The Bertz CT molecular complexity index is 1680. The summed E-state index contributed by atoms with van der Waals surface area (Å²) in [7, 11) is 0. The predicted octanol–water partition coefficient (Wildman–Crippen LogP) is 6.65. The zero-order valence-electron chi connectivity index (χ0n) is 21.1. The van der Waals surface area contributed by atoms with Gasteiger partial charge >= 0.3 is 0 Å². The number of aromatic nitrogens is 2. The minimum atomic E-state index is -0.283. The van der Waals surface area contributed by atoms with Crippen molar-refractivity contribution in [2.24, 2.45) is 0 Å². The Morgan fingerprint density at radius 2 is 1.68 bits per heavy atom. The quantitative estimate of drug-likeness (QED) is 0.259. The number of carbonyl (C=O) groups excluding carboxylic acids is 2. The van der Waals surface area contributed by atoms with Crippen LogP contribution in [-0.2, 0) is 6.54 Å². The fourth-order valence-electron chi connectivity index (χ4n) is 4.34. The molecule has 0 spiro atoms. The summed E-state index contributed by atoms with van der Waals surface area (Å²) in [6, 6.07) is 19.9. The van der Waals surface area contributed by atoms with Gasteiger partial charge in [-0.15, -0.1) is 0 Å². The standard InChI is InChI=1S/C30H25ClN4O3/c1-17-12-18(2)28-24(13-17)25(14-27(35-28)23-6-4-5-7-26(23)31)30(37)34-21-10-8-20(9-11-21)29(36)32-15-22-16-38-19(3)33-22/h4-14,16H,15H2,1-3H3,(H,32,36)(H,34,37). The van der Waals surface area contributed by atoms with E-state index in [1.807, 2.05) is 44.2 Å². The van der Waals surface area contributed by atoms with Gasteiger partial charge in [-0.1, -0.05) is 41.4 Å². The maximum atomic E-state index is 13.5. The second kappa shape index (κ2) is 10.5. The summed E-state index contributed by atoms with van der Waals surface area (Å²) in [6.45, 7) is 5.97. The Morgan fingerprint density at radius 1 is 0.921 bits per heavy atom. The lowest BCUT2D eigenvalue weighted by Gasteiger charge is -2.14. The highest BCUT2D eigenvalue weighted by atomic mass is 35.5. The number of rotatable bonds is 6. The molecule has 2 amide bonds. The number of hydrogen-bond acceptors (Lipinski definition) is 5. The molecule has 0 radical (unpaired) electrons. The van der Waals surface area contributed by atoms with Crippen LogP contribution in [0.25, 0.3) is 22.2 Å². The minimum Gasteiger partial charge on any atom is -0.449 e. The van der Waals surface area contributed by atoms with Crippen molar-refractivity contribution in [2.75, 3.05) is 5.32 Å². The number of nitrogens with one attached hydrogen (secondary N) is 2. The molecule has 0 aliphatic rings. The smallest absolute Gasteiger partial charge is 0.256 e. The number of anilines is 1. The Balaban J connectivity index is 1.41.